The lowest BCUT2D eigenvalue weighted by atomic mass is 10.1. The van der Waals surface area contributed by atoms with E-state index in [0.29, 0.717) is 6.54 Å². The highest BCUT2D eigenvalue weighted by molar-refractivity contribution is 6.31. The van der Waals surface area contributed by atoms with E-state index < -0.39 is 0 Å². The van der Waals surface area contributed by atoms with E-state index in [1.165, 1.54) is 5.39 Å². The molecule has 0 fully saturated rings. The summed E-state index contributed by atoms with van der Waals surface area (Å²) in [5.74, 6) is 0. The molecule has 0 atom stereocenters. The van der Waals surface area contributed by atoms with Gasteiger partial charge in [-0.3, -0.25) is 0 Å². The van der Waals surface area contributed by atoms with E-state index >= 15 is 0 Å². The summed E-state index contributed by atoms with van der Waals surface area (Å²) in [6.07, 6.45) is 0. The van der Waals surface area contributed by atoms with Crippen LogP contribution in [0.5, 0.6) is 0 Å². The fourth-order valence-electron chi connectivity index (χ4n) is 1.39. The molecule has 0 unspecified atom stereocenters. The van der Waals surface area contributed by atoms with Crippen molar-refractivity contribution in [1.82, 2.24) is 0 Å². The molecule has 0 aliphatic carbocycles. The van der Waals surface area contributed by atoms with E-state index in [2.05, 4.69) is 6.07 Å². The Hall–Kier alpha value is -0.760. The van der Waals surface area contributed by atoms with Gasteiger partial charge in [-0.2, -0.15) is 0 Å². The Morgan fingerprint density at radius 2 is 1.64 bits per heavy atom. The van der Waals surface area contributed by atoms with Gasteiger partial charge in [-0.15, -0.1) is 12.4 Å². The molecule has 2 aromatic carbocycles. The number of benzene rings is 2. The number of halogens is 2. The van der Waals surface area contributed by atoms with Crippen molar-refractivity contribution in [2.45, 2.75) is 6.54 Å². The zero-order chi connectivity index (χ0) is 9.26. The van der Waals surface area contributed by atoms with Crippen LogP contribution in [0, 0.1) is 0 Å². The minimum absolute atomic E-state index is 0. The lowest BCUT2D eigenvalue weighted by Gasteiger charge is -2.01. The smallest absolute Gasteiger partial charge is 0.0412 e. The van der Waals surface area contributed by atoms with Crippen molar-refractivity contribution in [1.29, 1.82) is 0 Å². The summed E-state index contributed by atoms with van der Waals surface area (Å²) >= 11 is 5.87. The van der Waals surface area contributed by atoms with E-state index in [9.17, 15) is 0 Å². The van der Waals surface area contributed by atoms with E-state index in [1.807, 2.05) is 30.3 Å². The van der Waals surface area contributed by atoms with Crippen molar-refractivity contribution in [3.05, 3.63) is 47.0 Å². The van der Waals surface area contributed by atoms with Crippen LogP contribution in [0.2, 0.25) is 5.02 Å². The first-order valence-corrected chi connectivity index (χ1v) is 4.55. The van der Waals surface area contributed by atoms with Gasteiger partial charge in [0, 0.05) is 11.6 Å². The average Bonchev–Trinajstić information content (AvgIpc) is 2.17. The molecule has 0 aliphatic heterocycles. The molecule has 74 valence electrons. The molecule has 0 aliphatic rings. The van der Waals surface area contributed by atoms with Crippen LogP contribution in [0.25, 0.3) is 10.8 Å². The van der Waals surface area contributed by atoms with Crippen molar-refractivity contribution < 1.29 is 0 Å². The van der Waals surface area contributed by atoms with Crippen LogP contribution < -0.4 is 5.73 Å². The maximum Gasteiger partial charge on any atom is 0.0412 e. The first-order valence-electron chi connectivity index (χ1n) is 4.18. The largest absolute Gasteiger partial charge is 0.326 e. The highest BCUT2D eigenvalue weighted by Gasteiger charge is 1.95. The third-order valence-corrected chi connectivity index (χ3v) is 2.34. The molecular weight excluding hydrogens is 217 g/mol. The summed E-state index contributed by atoms with van der Waals surface area (Å²) in [7, 11) is 0. The Morgan fingerprint density at radius 1 is 1.00 bits per heavy atom. The van der Waals surface area contributed by atoms with Gasteiger partial charge in [0.25, 0.3) is 0 Å². The Balaban J connectivity index is 0.000000980. The van der Waals surface area contributed by atoms with Gasteiger partial charge in [0.1, 0.15) is 0 Å². The number of fused-ring (bicyclic) bond motifs is 1. The van der Waals surface area contributed by atoms with E-state index in [-0.39, 0.29) is 12.4 Å². The Kier molecular flexibility index (Phi) is 3.76. The minimum atomic E-state index is 0. The average molecular weight is 228 g/mol. The number of nitrogens with two attached hydrogens (primary N) is 1. The summed E-state index contributed by atoms with van der Waals surface area (Å²) in [6.45, 7) is 0.582. The van der Waals surface area contributed by atoms with Gasteiger partial charge in [-0.05, 0) is 34.5 Å². The minimum Gasteiger partial charge on any atom is -0.326 e. The summed E-state index contributed by atoms with van der Waals surface area (Å²) in [4.78, 5) is 0. The van der Waals surface area contributed by atoms with Gasteiger partial charge in [-0.25, -0.2) is 0 Å². The summed E-state index contributed by atoms with van der Waals surface area (Å²) < 4.78 is 0. The Bertz CT molecular complexity index is 440. The van der Waals surface area contributed by atoms with Gasteiger partial charge in [0.05, 0.1) is 0 Å². The zero-order valence-corrected chi connectivity index (χ0v) is 9.11. The van der Waals surface area contributed by atoms with Crippen LogP contribution in [0.4, 0.5) is 0 Å². The first kappa shape index (κ1) is 11.3. The summed E-state index contributed by atoms with van der Waals surface area (Å²) in [5.41, 5.74) is 6.69. The molecule has 0 radical (unpaired) electrons. The van der Waals surface area contributed by atoms with Crippen LogP contribution in [-0.4, -0.2) is 0 Å². The molecule has 0 amide bonds. The highest BCUT2D eigenvalue weighted by atomic mass is 35.5. The molecule has 0 heterocycles. The molecule has 0 saturated carbocycles. The molecule has 2 N–H and O–H groups in total. The molecule has 2 aromatic rings. The van der Waals surface area contributed by atoms with Crippen molar-refractivity contribution in [3.63, 3.8) is 0 Å². The zero-order valence-electron chi connectivity index (χ0n) is 7.53. The van der Waals surface area contributed by atoms with Crippen molar-refractivity contribution >= 4 is 34.8 Å². The van der Waals surface area contributed by atoms with Gasteiger partial charge in [0.2, 0.25) is 0 Å². The highest BCUT2D eigenvalue weighted by Crippen LogP contribution is 2.20. The maximum atomic E-state index is 5.87. The SMILES string of the molecule is Cl.NCc1ccc2cc(Cl)ccc2c1. The normalized spacial score (nSPS) is 9.86. The molecule has 0 aromatic heterocycles. The van der Waals surface area contributed by atoms with Gasteiger partial charge in [-0.1, -0.05) is 29.8 Å². The molecule has 14 heavy (non-hydrogen) atoms. The van der Waals surface area contributed by atoms with Crippen LogP contribution in [0.15, 0.2) is 36.4 Å². The van der Waals surface area contributed by atoms with E-state index in [0.717, 1.165) is 16.0 Å². The number of hydrogen-bond acceptors (Lipinski definition) is 1. The standard InChI is InChI=1S/C11H10ClN.ClH/c12-11-4-3-9-5-8(7-13)1-2-10(9)6-11;/h1-6H,7,13H2;1H. The Morgan fingerprint density at radius 3 is 2.36 bits per heavy atom. The van der Waals surface area contributed by atoms with Crippen LogP contribution in [0.3, 0.4) is 0 Å². The monoisotopic (exact) mass is 227 g/mol. The van der Waals surface area contributed by atoms with Gasteiger partial charge < -0.3 is 5.73 Å². The molecule has 1 nitrogen and oxygen atoms in total. The molecular formula is C11H11Cl2N. The number of hydrogen-bond donors (Lipinski definition) is 1. The topological polar surface area (TPSA) is 26.0 Å². The van der Waals surface area contributed by atoms with Crippen LogP contribution in [0.1, 0.15) is 5.56 Å². The predicted octanol–water partition coefficient (Wildman–Crippen LogP) is 3.37. The van der Waals surface area contributed by atoms with Crippen LogP contribution in [-0.2, 0) is 6.54 Å². The second-order valence-corrected chi connectivity index (χ2v) is 3.47. The summed E-state index contributed by atoms with van der Waals surface area (Å²) in [6, 6.07) is 12.0. The molecule has 2 rings (SSSR count). The lowest BCUT2D eigenvalue weighted by Crippen LogP contribution is -1.95. The molecule has 0 bridgehead atoms. The van der Waals surface area contributed by atoms with Crippen molar-refractivity contribution in [2.24, 2.45) is 5.73 Å². The second-order valence-electron chi connectivity index (χ2n) is 3.03. The molecule has 0 saturated heterocycles. The van der Waals surface area contributed by atoms with Gasteiger partial charge in [0.15, 0.2) is 0 Å². The number of rotatable bonds is 1. The lowest BCUT2D eigenvalue weighted by molar-refractivity contribution is 1.08. The van der Waals surface area contributed by atoms with Crippen molar-refractivity contribution in [3.8, 4) is 0 Å². The second kappa shape index (κ2) is 4.65. The fraction of sp³-hybridized carbons (Fsp3) is 0.0909. The van der Waals surface area contributed by atoms with E-state index in [4.69, 9.17) is 17.3 Å². The van der Waals surface area contributed by atoms with Gasteiger partial charge >= 0.3 is 0 Å². The molecule has 0 spiro atoms. The van der Waals surface area contributed by atoms with Crippen LogP contribution >= 0.6 is 24.0 Å². The molecule has 3 heteroatoms. The van der Waals surface area contributed by atoms with E-state index in [1.54, 1.807) is 0 Å². The fourth-order valence-corrected chi connectivity index (χ4v) is 1.57. The third-order valence-electron chi connectivity index (χ3n) is 2.10. The third kappa shape index (κ3) is 2.18. The summed E-state index contributed by atoms with van der Waals surface area (Å²) in [5, 5.41) is 3.12. The maximum absolute atomic E-state index is 5.87. The Labute approximate surface area is 94.3 Å². The first-order chi connectivity index (χ1) is 6.29. The van der Waals surface area contributed by atoms with Crippen molar-refractivity contribution in [2.75, 3.05) is 0 Å². The quantitative estimate of drug-likeness (QED) is 0.795. The predicted molar refractivity (Wildman–Crippen MR) is 64.1 cm³/mol.